The first kappa shape index (κ1) is 10.0. The first-order chi connectivity index (χ1) is 7.23. The molecule has 0 aromatic heterocycles. The fourth-order valence-electron chi connectivity index (χ4n) is 2.15. The fraction of sp³-hybridized carbons (Fsp3) is 0.462. The first-order valence-electron chi connectivity index (χ1n) is 5.45. The summed E-state index contributed by atoms with van der Waals surface area (Å²) in [7, 11) is 0. The Balaban J connectivity index is 2.35. The van der Waals surface area contributed by atoms with Gasteiger partial charge in [0.25, 0.3) is 0 Å². The molecule has 1 aliphatic rings. The topological polar surface area (TPSA) is 33.0 Å². The lowest BCUT2D eigenvalue weighted by atomic mass is 9.91. The molecule has 1 aliphatic heterocycles. The van der Waals surface area contributed by atoms with Gasteiger partial charge in [-0.1, -0.05) is 13.8 Å². The number of ether oxygens (including phenoxy) is 1. The second kappa shape index (κ2) is 3.58. The second-order valence-corrected chi connectivity index (χ2v) is 4.10. The molecule has 1 heterocycles. The minimum Gasteiger partial charge on any atom is -0.487 e. The molecule has 1 aromatic rings. The van der Waals surface area contributed by atoms with Gasteiger partial charge in [0.05, 0.1) is 11.6 Å². The van der Waals surface area contributed by atoms with E-state index < -0.39 is 0 Å². The molecule has 0 saturated heterocycles. The van der Waals surface area contributed by atoms with Gasteiger partial charge in [0.15, 0.2) is 0 Å². The van der Waals surface area contributed by atoms with Crippen LogP contribution < -0.4 is 4.74 Å². The van der Waals surface area contributed by atoms with Crippen molar-refractivity contribution in [3.8, 4) is 11.8 Å². The summed E-state index contributed by atoms with van der Waals surface area (Å²) < 4.78 is 5.98. The van der Waals surface area contributed by atoms with Crippen LogP contribution in [0.5, 0.6) is 5.75 Å². The van der Waals surface area contributed by atoms with Gasteiger partial charge in [-0.25, -0.2) is 0 Å². The molecule has 0 saturated carbocycles. The molecular weight excluding hydrogens is 186 g/mol. The van der Waals surface area contributed by atoms with Crippen LogP contribution in [0, 0.1) is 11.3 Å². The van der Waals surface area contributed by atoms with E-state index in [1.807, 2.05) is 18.2 Å². The van der Waals surface area contributed by atoms with E-state index in [1.165, 1.54) is 5.56 Å². The van der Waals surface area contributed by atoms with Gasteiger partial charge in [-0.05, 0) is 36.6 Å². The van der Waals surface area contributed by atoms with E-state index in [9.17, 15) is 0 Å². The number of hydrogen-bond donors (Lipinski definition) is 0. The highest BCUT2D eigenvalue weighted by Gasteiger charge is 2.35. The summed E-state index contributed by atoms with van der Waals surface area (Å²) in [6, 6.07) is 7.85. The molecule has 2 nitrogen and oxygen atoms in total. The summed E-state index contributed by atoms with van der Waals surface area (Å²) in [6.45, 7) is 4.31. The lowest BCUT2D eigenvalue weighted by molar-refractivity contribution is 0.0858. The van der Waals surface area contributed by atoms with Crippen LogP contribution in [0.2, 0.25) is 0 Å². The number of rotatable bonds is 2. The summed E-state index contributed by atoms with van der Waals surface area (Å²) >= 11 is 0. The third-order valence-electron chi connectivity index (χ3n) is 3.32. The molecule has 0 amide bonds. The highest BCUT2D eigenvalue weighted by Crippen LogP contribution is 2.39. The van der Waals surface area contributed by atoms with Crippen LogP contribution in [-0.4, -0.2) is 5.60 Å². The predicted octanol–water partition coefficient (Wildman–Crippen LogP) is 3.05. The number of hydrogen-bond acceptors (Lipinski definition) is 2. The van der Waals surface area contributed by atoms with Gasteiger partial charge in [0.2, 0.25) is 0 Å². The Morgan fingerprint density at radius 1 is 1.40 bits per heavy atom. The predicted molar refractivity (Wildman–Crippen MR) is 58.8 cm³/mol. The maximum absolute atomic E-state index is 8.82. The van der Waals surface area contributed by atoms with Gasteiger partial charge in [-0.15, -0.1) is 0 Å². The van der Waals surface area contributed by atoms with Crippen LogP contribution in [0.4, 0.5) is 0 Å². The first-order valence-corrected chi connectivity index (χ1v) is 5.45. The van der Waals surface area contributed by atoms with Crippen molar-refractivity contribution < 1.29 is 4.74 Å². The highest BCUT2D eigenvalue weighted by molar-refractivity contribution is 5.45. The minimum absolute atomic E-state index is 0.0313. The quantitative estimate of drug-likeness (QED) is 0.736. The lowest BCUT2D eigenvalue weighted by Gasteiger charge is -2.25. The SMILES string of the molecule is CCC1(CC)Cc2cc(C#N)ccc2O1. The van der Waals surface area contributed by atoms with Gasteiger partial charge in [0.1, 0.15) is 11.4 Å². The highest BCUT2D eigenvalue weighted by atomic mass is 16.5. The van der Waals surface area contributed by atoms with Crippen molar-refractivity contribution in [2.75, 3.05) is 0 Å². The van der Waals surface area contributed by atoms with Gasteiger partial charge in [-0.3, -0.25) is 0 Å². The van der Waals surface area contributed by atoms with E-state index in [4.69, 9.17) is 10.00 Å². The van der Waals surface area contributed by atoms with E-state index in [-0.39, 0.29) is 5.60 Å². The third kappa shape index (κ3) is 1.59. The van der Waals surface area contributed by atoms with Crippen molar-refractivity contribution in [2.24, 2.45) is 0 Å². The number of nitrogens with zero attached hydrogens (tertiary/aromatic N) is 1. The van der Waals surface area contributed by atoms with Crippen LogP contribution in [0.3, 0.4) is 0 Å². The zero-order chi connectivity index (χ0) is 10.9. The fourth-order valence-corrected chi connectivity index (χ4v) is 2.15. The van der Waals surface area contributed by atoms with E-state index in [0.717, 1.165) is 30.6 Å². The van der Waals surface area contributed by atoms with Gasteiger partial charge < -0.3 is 4.74 Å². The van der Waals surface area contributed by atoms with Crippen molar-refractivity contribution in [1.82, 2.24) is 0 Å². The largest absolute Gasteiger partial charge is 0.487 e. The smallest absolute Gasteiger partial charge is 0.123 e. The molecule has 0 atom stereocenters. The van der Waals surface area contributed by atoms with Crippen LogP contribution in [0.15, 0.2) is 18.2 Å². The standard InChI is InChI=1S/C13H15NO/c1-3-13(4-2)8-11-7-10(9-14)5-6-12(11)15-13/h5-7H,3-4,8H2,1-2H3. The maximum Gasteiger partial charge on any atom is 0.123 e. The van der Waals surface area contributed by atoms with E-state index >= 15 is 0 Å². The zero-order valence-electron chi connectivity index (χ0n) is 9.21. The summed E-state index contributed by atoms with van der Waals surface area (Å²) in [4.78, 5) is 0. The van der Waals surface area contributed by atoms with Crippen molar-refractivity contribution >= 4 is 0 Å². The molecule has 0 unspecified atom stereocenters. The molecule has 2 heteroatoms. The molecular formula is C13H15NO. The molecule has 0 fully saturated rings. The molecule has 1 aromatic carbocycles. The maximum atomic E-state index is 8.82. The van der Waals surface area contributed by atoms with Crippen molar-refractivity contribution in [3.05, 3.63) is 29.3 Å². The van der Waals surface area contributed by atoms with Crippen molar-refractivity contribution in [1.29, 1.82) is 5.26 Å². The molecule has 0 spiro atoms. The lowest BCUT2D eigenvalue weighted by Crippen LogP contribution is -2.32. The zero-order valence-corrected chi connectivity index (χ0v) is 9.21. The summed E-state index contributed by atoms with van der Waals surface area (Å²) in [5.41, 5.74) is 1.87. The van der Waals surface area contributed by atoms with Crippen LogP contribution in [0.1, 0.15) is 37.8 Å². The summed E-state index contributed by atoms with van der Waals surface area (Å²) in [5, 5.41) is 8.82. The molecule has 15 heavy (non-hydrogen) atoms. The Morgan fingerprint density at radius 2 is 2.13 bits per heavy atom. The van der Waals surface area contributed by atoms with E-state index in [1.54, 1.807) is 0 Å². The normalized spacial score (nSPS) is 16.6. The van der Waals surface area contributed by atoms with Crippen molar-refractivity contribution in [2.45, 2.75) is 38.7 Å². The van der Waals surface area contributed by atoms with Gasteiger partial charge >= 0.3 is 0 Å². The number of benzene rings is 1. The Bertz CT molecular complexity index is 413. The summed E-state index contributed by atoms with van der Waals surface area (Å²) in [5.74, 6) is 0.956. The average molecular weight is 201 g/mol. The molecule has 78 valence electrons. The van der Waals surface area contributed by atoms with Crippen molar-refractivity contribution in [3.63, 3.8) is 0 Å². The molecule has 0 bridgehead atoms. The molecule has 0 aliphatic carbocycles. The average Bonchev–Trinajstić information content (AvgIpc) is 2.67. The molecule has 2 rings (SSSR count). The molecule has 0 N–H and O–H groups in total. The van der Waals surface area contributed by atoms with Crippen LogP contribution >= 0.6 is 0 Å². The Hall–Kier alpha value is -1.49. The Kier molecular flexibility index (Phi) is 2.40. The van der Waals surface area contributed by atoms with Gasteiger partial charge in [-0.2, -0.15) is 5.26 Å². The second-order valence-electron chi connectivity index (χ2n) is 4.10. The van der Waals surface area contributed by atoms with Crippen LogP contribution in [-0.2, 0) is 6.42 Å². The minimum atomic E-state index is -0.0313. The van der Waals surface area contributed by atoms with Crippen LogP contribution in [0.25, 0.3) is 0 Å². The van der Waals surface area contributed by atoms with E-state index in [0.29, 0.717) is 0 Å². The molecule has 0 radical (unpaired) electrons. The Labute approximate surface area is 90.5 Å². The van der Waals surface area contributed by atoms with Gasteiger partial charge in [0, 0.05) is 6.42 Å². The van der Waals surface area contributed by atoms with E-state index in [2.05, 4.69) is 19.9 Å². The number of nitriles is 1. The number of fused-ring (bicyclic) bond motifs is 1. The Morgan fingerprint density at radius 3 is 2.73 bits per heavy atom. The third-order valence-corrected chi connectivity index (χ3v) is 3.32. The monoisotopic (exact) mass is 201 g/mol. The summed E-state index contributed by atoms with van der Waals surface area (Å²) in [6.07, 6.45) is 2.96.